The molecular weight excluding hydrogens is 372 g/mol. The molecule has 2 amide bonds. The van der Waals surface area contributed by atoms with Crippen molar-refractivity contribution in [2.75, 3.05) is 32.1 Å². The summed E-state index contributed by atoms with van der Waals surface area (Å²) in [5.74, 6) is -1.31. The third-order valence-corrected chi connectivity index (χ3v) is 5.10. The summed E-state index contributed by atoms with van der Waals surface area (Å²) in [5, 5.41) is 3.75. The molecule has 1 saturated heterocycles. The van der Waals surface area contributed by atoms with Crippen molar-refractivity contribution in [1.29, 1.82) is 0 Å². The van der Waals surface area contributed by atoms with Gasteiger partial charge < -0.3 is 20.8 Å². The summed E-state index contributed by atoms with van der Waals surface area (Å²) >= 11 is 6.27. The molecule has 0 spiro atoms. The molecule has 0 atom stereocenters. The summed E-state index contributed by atoms with van der Waals surface area (Å²) in [7, 11) is 1.27. The number of H-pyrrole nitrogens is 1. The first-order chi connectivity index (χ1) is 12.9. The maximum atomic E-state index is 12.6. The number of benzene rings is 1. The van der Waals surface area contributed by atoms with Gasteiger partial charge in [-0.25, -0.2) is 4.79 Å². The topological polar surface area (TPSA) is 118 Å². The highest BCUT2D eigenvalue weighted by Gasteiger charge is 2.26. The lowest BCUT2D eigenvalue weighted by molar-refractivity contribution is -0.123. The highest BCUT2D eigenvalue weighted by atomic mass is 35.5. The third kappa shape index (κ3) is 4.06. The molecule has 4 N–H and O–H groups in total. The number of aromatic nitrogens is 1. The average Bonchev–Trinajstić information content (AvgIpc) is 3.01. The quantitative estimate of drug-likeness (QED) is 0.670. The first kappa shape index (κ1) is 19.2. The van der Waals surface area contributed by atoms with E-state index < -0.39 is 5.97 Å². The fraction of sp³-hybridized carbons (Fsp3) is 0.389. The highest BCUT2D eigenvalue weighted by molar-refractivity contribution is 6.37. The molecule has 1 fully saturated rings. The van der Waals surface area contributed by atoms with E-state index in [1.54, 1.807) is 18.2 Å². The van der Waals surface area contributed by atoms with Gasteiger partial charge in [0.15, 0.2) is 0 Å². The maximum absolute atomic E-state index is 12.6. The number of fused-ring (bicyclic) bond motifs is 1. The number of carbonyl (C=O) groups is 3. The van der Waals surface area contributed by atoms with Crippen LogP contribution in [0.3, 0.4) is 0 Å². The van der Waals surface area contributed by atoms with Crippen LogP contribution >= 0.6 is 11.6 Å². The van der Waals surface area contributed by atoms with Crippen LogP contribution in [0.5, 0.6) is 0 Å². The fourth-order valence-electron chi connectivity index (χ4n) is 3.34. The van der Waals surface area contributed by atoms with Gasteiger partial charge in [-0.05, 0) is 38.1 Å². The SMILES string of the molecule is COC(=O)c1[nH]c2cccc(Cl)c2c1NC(=O)CN1CCC(C(N)=O)CC1. The number of rotatable bonds is 5. The molecule has 27 heavy (non-hydrogen) atoms. The number of amides is 2. The van der Waals surface area contributed by atoms with Gasteiger partial charge >= 0.3 is 5.97 Å². The summed E-state index contributed by atoms with van der Waals surface area (Å²) < 4.78 is 4.79. The predicted octanol–water partition coefficient (Wildman–Crippen LogP) is 1.74. The van der Waals surface area contributed by atoms with E-state index in [-0.39, 0.29) is 30.0 Å². The van der Waals surface area contributed by atoms with Crippen LogP contribution in [-0.4, -0.2) is 54.4 Å². The van der Waals surface area contributed by atoms with Crippen molar-refractivity contribution >= 4 is 46.0 Å². The summed E-state index contributed by atoms with van der Waals surface area (Å²) in [6, 6.07) is 5.19. The van der Waals surface area contributed by atoms with Crippen LogP contribution in [0, 0.1) is 5.92 Å². The lowest BCUT2D eigenvalue weighted by Gasteiger charge is -2.29. The number of primary amides is 1. The smallest absolute Gasteiger partial charge is 0.356 e. The Bertz CT molecular complexity index is 887. The number of halogens is 1. The molecule has 3 rings (SSSR count). The van der Waals surface area contributed by atoms with Crippen molar-refractivity contribution in [3.63, 3.8) is 0 Å². The average molecular weight is 393 g/mol. The normalized spacial score (nSPS) is 15.6. The summed E-state index contributed by atoms with van der Waals surface area (Å²) in [4.78, 5) is 40.8. The van der Waals surface area contributed by atoms with E-state index in [1.807, 2.05) is 4.90 Å². The van der Waals surface area contributed by atoms with Gasteiger partial charge in [0, 0.05) is 16.8 Å². The first-order valence-corrected chi connectivity index (χ1v) is 8.98. The Hall–Kier alpha value is -2.58. The van der Waals surface area contributed by atoms with Crippen LogP contribution in [0.15, 0.2) is 18.2 Å². The Morgan fingerprint density at radius 1 is 1.33 bits per heavy atom. The second-order valence-electron chi connectivity index (χ2n) is 6.53. The van der Waals surface area contributed by atoms with Gasteiger partial charge in [0.05, 0.1) is 24.4 Å². The molecule has 0 saturated carbocycles. The Morgan fingerprint density at radius 2 is 2.04 bits per heavy atom. The van der Waals surface area contributed by atoms with Crippen molar-refractivity contribution in [2.45, 2.75) is 12.8 Å². The van der Waals surface area contributed by atoms with Gasteiger partial charge in [0.25, 0.3) is 0 Å². The second-order valence-corrected chi connectivity index (χ2v) is 6.94. The van der Waals surface area contributed by atoms with E-state index in [0.717, 1.165) is 0 Å². The minimum atomic E-state index is -0.597. The molecule has 2 heterocycles. The zero-order valence-corrected chi connectivity index (χ0v) is 15.6. The molecule has 1 aliphatic heterocycles. The fourth-order valence-corrected chi connectivity index (χ4v) is 3.61. The number of hydrogen-bond donors (Lipinski definition) is 3. The van der Waals surface area contributed by atoms with Crippen LogP contribution in [0.4, 0.5) is 5.69 Å². The van der Waals surface area contributed by atoms with Gasteiger partial charge in [-0.3, -0.25) is 14.5 Å². The number of likely N-dealkylation sites (tertiary alicyclic amines) is 1. The molecule has 0 unspecified atom stereocenters. The number of ether oxygens (including phenoxy) is 1. The van der Waals surface area contributed by atoms with Crippen LogP contribution < -0.4 is 11.1 Å². The zero-order valence-electron chi connectivity index (χ0n) is 14.9. The van der Waals surface area contributed by atoms with Crippen molar-refractivity contribution in [3.8, 4) is 0 Å². The van der Waals surface area contributed by atoms with E-state index in [9.17, 15) is 14.4 Å². The van der Waals surface area contributed by atoms with Crippen LogP contribution in [0.25, 0.3) is 10.9 Å². The molecule has 0 aliphatic carbocycles. The lowest BCUT2D eigenvalue weighted by Crippen LogP contribution is -2.42. The summed E-state index contributed by atoms with van der Waals surface area (Å²) in [6.45, 7) is 1.36. The van der Waals surface area contributed by atoms with Crippen LogP contribution in [0.1, 0.15) is 23.3 Å². The molecular formula is C18H21ClN4O4. The van der Waals surface area contributed by atoms with E-state index >= 15 is 0 Å². The Labute approximate surface area is 161 Å². The standard InChI is InChI=1S/C18H21ClN4O4/c1-27-18(26)16-15(14-11(19)3-2-4-12(14)21-16)22-13(24)9-23-7-5-10(6-8-23)17(20)25/h2-4,10,21H,5-9H2,1H3,(H2,20,25)(H,22,24). The number of carbonyl (C=O) groups excluding carboxylic acids is 3. The molecule has 2 aromatic rings. The molecule has 0 radical (unpaired) electrons. The number of nitrogens with zero attached hydrogens (tertiary/aromatic N) is 1. The van der Waals surface area contributed by atoms with Crippen molar-refractivity contribution in [1.82, 2.24) is 9.88 Å². The first-order valence-electron chi connectivity index (χ1n) is 8.60. The largest absolute Gasteiger partial charge is 0.464 e. The number of aromatic amines is 1. The minimum absolute atomic E-state index is 0.136. The molecule has 1 aromatic carbocycles. The van der Waals surface area contributed by atoms with Gasteiger partial charge in [-0.2, -0.15) is 0 Å². The Kier molecular flexibility index (Phi) is 5.67. The van der Waals surface area contributed by atoms with Gasteiger partial charge in [-0.1, -0.05) is 17.7 Å². The van der Waals surface area contributed by atoms with Gasteiger partial charge in [0.2, 0.25) is 11.8 Å². The molecule has 8 nitrogen and oxygen atoms in total. The van der Waals surface area contributed by atoms with E-state index in [1.165, 1.54) is 7.11 Å². The molecule has 1 aliphatic rings. The van der Waals surface area contributed by atoms with Gasteiger partial charge in [0.1, 0.15) is 5.69 Å². The van der Waals surface area contributed by atoms with Crippen LogP contribution in [-0.2, 0) is 14.3 Å². The number of hydrogen-bond acceptors (Lipinski definition) is 5. The van der Waals surface area contributed by atoms with Crippen molar-refractivity contribution in [3.05, 3.63) is 28.9 Å². The number of methoxy groups -OCH3 is 1. The number of anilines is 1. The molecule has 144 valence electrons. The molecule has 0 bridgehead atoms. The monoisotopic (exact) mass is 392 g/mol. The molecule has 9 heteroatoms. The number of esters is 1. The number of nitrogens with one attached hydrogen (secondary N) is 2. The van der Waals surface area contributed by atoms with Crippen LogP contribution in [0.2, 0.25) is 5.02 Å². The lowest BCUT2D eigenvalue weighted by atomic mass is 9.96. The highest BCUT2D eigenvalue weighted by Crippen LogP contribution is 2.34. The maximum Gasteiger partial charge on any atom is 0.356 e. The second kappa shape index (κ2) is 7.98. The van der Waals surface area contributed by atoms with Crippen molar-refractivity contribution < 1.29 is 19.1 Å². The predicted molar refractivity (Wildman–Crippen MR) is 102 cm³/mol. The number of piperidine rings is 1. The Morgan fingerprint density at radius 3 is 2.67 bits per heavy atom. The van der Waals surface area contributed by atoms with E-state index in [4.69, 9.17) is 22.1 Å². The number of nitrogens with two attached hydrogens (primary N) is 1. The molecule has 1 aromatic heterocycles. The Balaban J connectivity index is 1.77. The summed E-state index contributed by atoms with van der Waals surface area (Å²) in [5.41, 5.74) is 6.40. The zero-order chi connectivity index (χ0) is 19.6. The van der Waals surface area contributed by atoms with E-state index in [0.29, 0.717) is 47.5 Å². The minimum Gasteiger partial charge on any atom is -0.464 e. The third-order valence-electron chi connectivity index (χ3n) is 4.78. The summed E-state index contributed by atoms with van der Waals surface area (Å²) in [6.07, 6.45) is 1.27. The van der Waals surface area contributed by atoms with Gasteiger partial charge in [-0.15, -0.1) is 0 Å². The van der Waals surface area contributed by atoms with E-state index in [2.05, 4.69) is 10.3 Å². The van der Waals surface area contributed by atoms with Crippen molar-refractivity contribution in [2.24, 2.45) is 11.7 Å².